The number of nitrogens with zero attached hydrogens (tertiary/aromatic N) is 4. The average Bonchev–Trinajstić information content (AvgIpc) is 3.81. The minimum absolute atomic E-state index is 0.0270. The quantitative estimate of drug-likeness (QED) is 0.0665. The van der Waals surface area contributed by atoms with Crippen LogP contribution in [-0.4, -0.2) is 123 Å². The van der Waals surface area contributed by atoms with Crippen LogP contribution in [0.1, 0.15) is 24.1 Å². The Morgan fingerprint density at radius 2 is 1.70 bits per heavy atom. The molecule has 21 heteroatoms. The molecule has 0 unspecified atom stereocenters. The summed E-state index contributed by atoms with van der Waals surface area (Å²) in [7, 11) is -2.30. The minimum atomic E-state index is -3.92. The van der Waals surface area contributed by atoms with E-state index in [1.54, 1.807) is 31.4 Å². The second-order valence-electron chi connectivity index (χ2n) is 12.1. The van der Waals surface area contributed by atoms with Crippen LogP contribution in [0.5, 0.6) is 11.5 Å². The van der Waals surface area contributed by atoms with Crippen LogP contribution in [0.4, 0.5) is 0 Å². The molecular formula is C35H46N6O12S3. The van der Waals surface area contributed by atoms with E-state index in [0.717, 1.165) is 16.9 Å². The molecule has 2 aromatic carbocycles. The van der Waals surface area contributed by atoms with Crippen molar-refractivity contribution in [2.75, 3.05) is 72.3 Å². The number of Topliss-reactive ketones (excluding diaryl/α,β-unsaturated/α-hetero) is 1. The molecule has 0 aliphatic heterocycles. The highest BCUT2D eigenvalue weighted by Gasteiger charge is 2.22. The maximum atomic E-state index is 12.8. The number of methoxy groups -OCH3 is 1. The van der Waals surface area contributed by atoms with Crippen molar-refractivity contribution in [3.05, 3.63) is 59.9 Å². The lowest BCUT2D eigenvalue weighted by atomic mass is 10.1. The van der Waals surface area contributed by atoms with Crippen LogP contribution in [0, 0.1) is 5.92 Å². The number of ether oxygens (including phenoxy) is 6. The van der Waals surface area contributed by atoms with Crippen molar-refractivity contribution in [1.29, 1.82) is 0 Å². The molecule has 0 saturated heterocycles. The maximum absolute atomic E-state index is 12.8. The molecule has 1 amide bonds. The molecule has 0 spiro atoms. The highest BCUT2D eigenvalue weighted by atomic mass is 32.2. The van der Waals surface area contributed by atoms with Crippen molar-refractivity contribution < 1.29 is 56.3 Å². The fourth-order valence-corrected chi connectivity index (χ4v) is 7.58. The van der Waals surface area contributed by atoms with Gasteiger partial charge in [0.15, 0.2) is 5.78 Å². The second-order valence-corrected chi connectivity index (χ2v) is 15.9. The Morgan fingerprint density at radius 1 is 0.964 bits per heavy atom. The number of carbonyl (C=O) groups is 3. The van der Waals surface area contributed by atoms with Crippen molar-refractivity contribution in [2.45, 2.75) is 36.1 Å². The smallest absolute Gasteiger partial charge is 0.307 e. The predicted octanol–water partition coefficient (Wildman–Crippen LogP) is 2.29. The Balaban J connectivity index is 1.08. The van der Waals surface area contributed by atoms with Crippen molar-refractivity contribution >= 4 is 61.0 Å². The van der Waals surface area contributed by atoms with Gasteiger partial charge in [-0.05, 0) is 35.9 Å². The molecule has 4 N–H and O–H groups in total. The molecule has 0 aliphatic carbocycles. The zero-order valence-corrected chi connectivity index (χ0v) is 33.3. The van der Waals surface area contributed by atoms with E-state index in [4.69, 9.17) is 33.6 Å². The first-order chi connectivity index (χ1) is 27.0. The highest BCUT2D eigenvalue weighted by Crippen LogP contribution is 2.28. The van der Waals surface area contributed by atoms with E-state index in [1.165, 1.54) is 22.6 Å². The fraction of sp³-hybridized carbons (Fsp3) is 0.486. The largest absolute Gasteiger partial charge is 0.492 e. The van der Waals surface area contributed by atoms with Gasteiger partial charge in [-0.1, -0.05) is 17.3 Å². The number of ketones is 1. The fourth-order valence-electron chi connectivity index (χ4n) is 4.81. The third kappa shape index (κ3) is 16.5. The van der Waals surface area contributed by atoms with Gasteiger partial charge in [-0.15, -0.1) is 16.4 Å². The number of sulfonamides is 1. The summed E-state index contributed by atoms with van der Waals surface area (Å²) in [4.78, 5) is 40.8. The lowest BCUT2D eigenvalue weighted by Gasteiger charge is -2.12. The van der Waals surface area contributed by atoms with Crippen LogP contribution in [0.15, 0.2) is 53.0 Å². The average molecular weight is 839 g/mol. The van der Waals surface area contributed by atoms with Crippen molar-refractivity contribution in [2.24, 2.45) is 11.1 Å². The van der Waals surface area contributed by atoms with E-state index >= 15 is 0 Å². The van der Waals surface area contributed by atoms with Crippen LogP contribution in [0.3, 0.4) is 0 Å². The Morgan fingerprint density at radius 3 is 2.43 bits per heavy atom. The molecule has 0 aliphatic rings. The van der Waals surface area contributed by atoms with E-state index in [9.17, 15) is 27.9 Å². The number of hydrogen-bond acceptors (Lipinski definition) is 16. The lowest BCUT2D eigenvalue weighted by molar-refractivity contribution is -0.143. The summed E-state index contributed by atoms with van der Waals surface area (Å²) in [5, 5.41) is 25.7. The third-order valence-corrected chi connectivity index (χ3v) is 11.1. The number of nitrogens with one attached hydrogen (secondary N) is 1. The number of benzene rings is 2. The number of rotatable bonds is 29. The number of carboxylic acids is 1. The van der Waals surface area contributed by atoms with Gasteiger partial charge < -0.3 is 38.8 Å². The van der Waals surface area contributed by atoms with E-state index < -0.39 is 21.9 Å². The molecule has 0 saturated carbocycles. The van der Waals surface area contributed by atoms with E-state index in [-0.39, 0.29) is 61.0 Å². The number of fused-ring (bicyclic) bond motifs is 1. The summed E-state index contributed by atoms with van der Waals surface area (Å²) < 4.78 is 57.4. The summed E-state index contributed by atoms with van der Waals surface area (Å²) in [5.74, 6) is -0.630. The first-order valence-corrected chi connectivity index (χ1v) is 21.0. The Kier molecular flexibility index (Phi) is 18.9. The molecule has 306 valence electrons. The zero-order valence-electron chi connectivity index (χ0n) is 30.8. The summed E-state index contributed by atoms with van der Waals surface area (Å²) in [6, 6.07) is 12.3. The van der Waals surface area contributed by atoms with E-state index in [0.29, 0.717) is 79.3 Å². The molecule has 0 fully saturated rings. The molecule has 2 heterocycles. The minimum Gasteiger partial charge on any atom is -0.492 e. The van der Waals surface area contributed by atoms with Crippen molar-refractivity contribution in [3.63, 3.8) is 0 Å². The molecule has 1 atom stereocenters. The van der Waals surface area contributed by atoms with Gasteiger partial charge in [0.25, 0.3) is 10.0 Å². The normalized spacial score (nSPS) is 12.1. The predicted molar refractivity (Wildman–Crippen MR) is 206 cm³/mol. The van der Waals surface area contributed by atoms with Gasteiger partial charge in [-0.2, -0.15) is 11.8 Å². The third-order valence-electron chi connectivity index (χ3n) is 7.55. The van der Waals surface area contributed by atoms with Gasteiger partial charge in [-0.3, -0.25) is 14.4 Å². The van der Waals surface area contributed by atoms with E-state index in [1.807, 2.05) is 18.2 Å². The van der Waals surface area contributed by atoms with Crippen LogP contribution >= 0.6 is 23.1 Å². The monoisotopic (exact) mass is 838 g/mol. The van der Waals surface area contributed by atoms with Crippen LogP contribution < -0.4 is 19.9 Å². The Bertz CT molecular complexity index is 1960. The van der Waals surface area contributed by atoms with Gasteiger partial charge >= 0.3 is 5.97 Å². The number of nitrogens with two attached hydrogens (primary N) is 1. The van der Waals surface area contributed by atoms with Crippen molar-refractivity contribution in [3.8, 4) is 11.5 Å². The number of amides is 1. The summed E-state index contributed by atoms with van der Waals surface area (Å²) >= 11 is 2.33. The highest BCUT2D eigenvalue weighted by molar-refractivity contribution is 7.98. The molecule has 4 rings (SSSR count). The molecule has 56 heavy (non-hydrogen) atoms. The lowest BCUT2D eigenvalue weighted by Crippen LogP contribution is -2.29. The van der Waals surface area contributed by atoms with Gasteiger partial charge in [0, 0.05) is 31.5 Å². The van der Waals surface area contributed by atoms with Gasteiger partial charge in [-0.25, -0.2) is 23.2 Å². The van der Waals surface area contributed by atoms with Gasteiger partial charge in [0.1, 0.15) is 37.0 Å². The molecule has 0 bridgehead atoms. The molecule has 18 nitrogen and oxygen atoms in total. The number of aromatic nitrogens is 4. The topological polar surface area (TPSA) is 243 Å². The van der Waals surface area contributed by atoms with Gasteiger partial charge in [0.2, 0.25) is 10.2 Å². The number of carbonyl (C=O) groups excluding carboxylic acids is 2. The number of thiazole rings is 1. The standard InChI is InChI=1S/C35H46N6O12S3/c1-48-11-12-50-15-16-51-14-13-49-9-7-33(43)37-8-10-52-29-4-2-3-25(17-29)23-54-24-26(34(44)45)18-28(42)21-41-20-27(39-40-41)22-53-30-5-6-31-32(19-30)55-35(38-31)56(36,46)47/h2-6,17,19-20,26H,7-16,18,21-24H2,1H3,(H,37,43)(H,44,45)(H2,36,46,47)/t26-/m1/s1. The van der Waals surface area contributed by atoms with Crippen molar-refractivity contribution in [1.82, 2.24) is 25.3 Å². The summed E-state index contributed by atoms with van der Waals surface area (Å²) in [6.07, 6.45) is 1.58. The number of aliphatic carboxylic acids is 1. The number of primary sulfonamides is 1. The molecule has 4 aromatic rings. The van der Waals surface area contributed by atoms with Gasteiger partial charge in [0.05, 0.1) is 75.1 Å². The summed E-state index contributed by atoms with van der Waals surface area (Å²) in [5.41, 5.74) is 1.83. The number of thioether (sulfide) groups is 1. The Labute approximate surface area is 332 Å². The zero-order chi connectivity index (χ0) is 40.2. The molecule has 0 radical (unpaired) electrons. The Hall–Kier alpha value is -4.22. The van der Waals surface area contributed by atoms with Crippen LogP contribution in [0.2, 0.25) is 0 Å². The van der Waals surface area contributed by atoms with E-state index in [2.05, 4.69) is 20.6 Å². The second kappa shape index (κ2) is 23.8. The SMILES string of the molecule is COCCOCCOCCOCCC(=O)NCCOc1cccc(CSC[C@@H](CC(=O)Cn2cc(COc3ccc4nc(S(N)(=O)=O)sc4c3)nn2)C(=O)O)c1. The first kappa shape index (κ1) is 44.5. The number of carboxylic acid groups (broad SMARTS) is 1. The summed E-state index contributed by atoms with van der Waals surface area (Å²) in [6.45, 7) is 3.56. The maximum Gasteiger partial charge on any atom is 0.307 e. The first-order valence-electron chi connectivity index (χ1n) is 17.5. The van der Waals surface area contributed by atoms with Crippen LogP contribution in [0.25, 0.3) is 10.2 Å². The molecule has 2 aromatic heterocycles. The number of hydrogen-bond donors (Lipinski definition) is 3. The molecular weight excluding hydrogens is 793 g/mol. The van der Waals surface area contributed by atoms with Crippen LogP contribution in [-0.2, 0) is 62.3 Å².